The van der Waals surface area contributed by atoms with Gasteiger partial charge < -0.3 is 10.6 Å². The van der Waals surface area contributed by atoms with E-state index in [0.717, 1.165) is 22.6 Å². The monoisotopic (exact) mass is 290 g/mol. The van der Waals surface area contributed by atoms with Crippen molar-refractivity contribution >= 4 is 44.7 Å². The fourth-order valence-corrected chi connectivity index (χ4v) is 3.46. The molecule has 4 nitrogen and oxygen atoms in total. The summed E-state index contributed by atoms with van der Waals surface area (Å²) in [5.41, 5.74) is 1.32. The number of thiophene rings is 2. The van der Waals surface area contributed by atoms with E-state index in [0.29, 0.717) is 5.95 Å². The Labute approximate surface area is 119 Å². The molecule has 0 aliphatic rings. The molecule has 3 aromatic heterocycles. The van der Waals surface area contributed by atoms with E-state index in [1.165, 1.54) is 10.4 Å². The molecule has 0 saturated heterocycles. The van der Waals surface area contributed by atoms with Gasteiger partial charge in [0.15, 0.2) is 0 Å². The molecular formula is C13H14N4S2. The molecule has 0 aliphatic heterocycles. The van der Waals surface area contributed by atoms with E-state index in [4.69, 9.17) is 0 Å². The van der Waals surface area contributed by atoms with E-state index in [1.54, 1.807) is 22.7 Å². The van der Waals surface area contributed by atoms with Crippen LogP contribution in [0.5, 0.6) is 0 Å². The SMILES string of the molecule is CNc1nc(NCc2sccc2C)c2ccsc2n1. The highest BCUT2D eigenvalue weighted by atomic mass is 32.1. The van der Waals surface area contributed by atoms with Crippen LogP contribution in [0.2, 0.25) is 0 Å². The van der Waals surface area contributed by atoms with Crippen LogP contribution in [0.4, 0.5) is 11.8 Å². The molecule has 6 heteroatoms. The van der Waals surface area contributed by atoms with E-state index < -0.39 is 0 Å². The van der Waals surface area contributed by atoms with Crippen LogP contribution < -0.4 is 10.6 Å². The first-order valence-corrected chi connectivity index (χ1v) is 7.73. The highest BCUT2D eigenvalue weighted by molar-refractivity contribution is 7.16. The van der Waals surface area contributed by atoms with E-state index in [-0.39, 0.29) is 0 Å². The van der Waals surface area contributed by atoms with Crippen LogP contribution in [0.1, 0.15) is 10.4 Å². The lowest BCUT2D eigenvalue weighted by atomic mass is 10.3. The molecule has 0 aliphatic carbocycles. The fourth-order valence-electron chi connectivity index (χ4n) is 1.85. The standard InChI is InChI=1S/C13H14N4S2/c1-8-3-5-18-10(8)7-15-11-9-4-6-19-12(9)17-13(14-2)16-11/h3-6H,7H2,1-2H3,(H2,14,15,16,17). The number of nitrogens with one attached hydrogen (secondary N) is 2. The summed E-state index contributed by atoms with van der Waals surface area (Å²) in [4.78, 5) is 11.3. The molecule has 0 spiro atoms. The summed E-state index contributed by atoms with van der Waals surface area (Å²) in [5, 5.41) is 11.7. The van der Waals surface area contributed by atoms with Crippen LogP contribution in [0, 0.1) is 6.92 Å². The van der Waals surface area contributed by atoms with Gasteiger partial charge in [-0.15, -0.1) is 22.7 Å². The average Bonchev–Trinajstić information content (AvgIpc) is 3.04. The highest BCUT2D eigenvalue weighted by Gasteiger charge is 2.08. The van der Waals surface area contributed by atoms with Gasteiger partial charge in [0.1, 0.15) is 10.6 Å². The average molecular weight is 290 g/mol. The molecule has 3 heterocycles. The van der Waals surface area contributed by atoms with Crippen molar-refractivity contribution < 1.29 is 0 Å². The Kier molecular flexibility index (Phi) is 3.35. The first-order valence-electron chi connectivity index (χ1n) is 5.98. The molecule has 3 rings (SSSR count). The molecule has 0 amide bonds. The number of hydrogen-bond acceptors (Lipinski definition) is 6. The molecule has 0 saturated carbocycles. The third-order valence-electron chi connectivity index (χ3n) is 2.93. The third kappa shape index (κ3) is 2.41. The number of fused-ring (bicyclic) bond motifs is 1. The predicted molar refractivity (Wildman–Crippen MR) is 83.3 cm³/mol. The van der Waals surface area contributed by atoms with Crippen molar-refractivity contribution in [3.05, 3.63) is 33.3 Å². The Morgan fingerprint density at radius 1 is 1.16 bits per heavy atom. The zero-order chi connectivity index (χ0) is 13.2. The maximum absolute atomic E-state index is 4.50. The number of nitrogens with zero attached hydrogens (tertiary/aromatic N) is 2. The van der Waals surface area contributed by atoms with Crippen LogP contribution in [-0.2, 0) is 6.54 Å². The van der Waals surface area contributed by atoms with Gasteiger partial charge >= 0.3 is 0 Å². The normalized spacial score (nSPS) is 10.8. The molecule has 3 aromatic rings. The molecular weight excluding hydrogens is 276 g/mol. The van der Waals surface area contributed by atoms with Gasteiger partial charge in [-0.3, -0.25) is 0 Å². The quantitative estimate of drug-likeness (QED) is 0.769. The minimum Gasteiger partial charge on any atom is -0.364 e. The maximum Gasteiger partial charge on any atom is 0.225 e. The number of anilines is 2. The van der Waals surface area contributed by atoms with E-state index >= 15 is 0 Å². The predicted octanol–water partition coefficient (Wildman–Crippen LogP) is 3.72. The Hall–Kier alpha value is -1.66. The second-order valence-electron chi connectivity index (χ2n) is 4.17. The molecule has 0 fully saturated rings. The number of aromatic nitrogens is 2. The molecule has 0 radical (unpaired) electrons. The van der Waals surface area contributed by atoms with E-state index in [2.05, 4.69) is 45.0 Å². The molecule has 98 valence electrons. The summed E-state index contributed by atoms with van der Waals surface area (Å²) in [6.45, 7) is 2.93. The summed E-state index contributed by atoms with van der Waals surface area (Å²) in [5.74, 6) is 1.55. The molecule has 0 unspecified atom stereocenters. The topological polar surface area (TPSA) is 49.8 Å². The van der Waals surface area contributed by atoms with Gasteiger partial charge in [0, 0.05) is 11.9 Å². The van der Waals surface area contributed by atoms with Gasteiger partial charge in [0.05, 0.1) is 11.9 Å². The zero-order valence-electron chi connectivity index (χ0n) is 10.7. The lowest BCUT2D eigenvalue weighted by Crippen LogP contribution is -2.04. The Balaban J connectivity index is 1.91. The van der Waals surface area contributed by atoms with Crippen molar-refractivity contribution in [2.45, 2.75) is 13.5 Å². The van der Waals surface area contributed by atoms with Gasteiger partial charge in [-0.25, -0.2) is 4.98 Å². The fraction of sp³-hybridized carbons (Fsp3) is 0.231. The summed E-state index contributed by atoms with van der Waals surface area (Å²) in [6.07, 6.45) is 0. The summed E-state index contributed by atoms with van der Waals surface area (Å²) in [7, 11) is 1.84. The second kappa shape index (κ2) is 5.14. The zero-order valence-corrected chi connectivity index (χ0v) is 12.4. The maximum atomic E-state index is 4.50. The first kappa shape index (κ1) is 12.4. The van der Waals surface area contributed by atoms with Crippen molar-refractivity contribution in [2.24, 2.45) is 0 Å². The second-order valence-corrected chi connectivity index (χ2v) is 6.06. The highest BCUT2D eigenvalue weighted by Crippen LogP contribution is 2.27. The van der Waals surface area contributed by atoms with Gasteiger partial charge in [-0.05, 0) is 35.4 Å². The summed E-state index contributed by atoms with van der Waals surface area (Å²) >= 11 is 3.40. The number of aryl methyl sites for hydroxylation is 1. The molecule has 19 heavy (non-hydrogen) atoms. The van der Waals surface area contributed by atoms with Crippen molar-refractivity contribution in [1.29, 1.82) is 0 Å². The Morgan fingerprint density at radius 3 is 2.74 bits per heavy atom. The van der Waals surface area contributed by atoms with Crippen LogP contribution in [0.3, 0.4) is 0 Å². The Bertz CT molecular complexity index is 702. The summed E-state index contributed by atoms with van der Waals surface area (Å²) < 4.78 is 0. The van der Waals surface area contributed by atoms with E-state index in [1.807, 2.05) is 12.4 Å². The van der Waals surface area contributed by atoms with Crippen LogP contribution in [-0.4, -0.2) is 17.0 Å². The minimum atomic E-state index is 0.653. The third-order valence-corrected chi connectivity index (χ3v) is 4.76. The van der Waals surface area contributed by atoms with Crippen molar-refractivity contribution in [3.8, 4) is 0 Å². The van der Waals surface area contributed by atoms with Crippen LogP contribution >= 0.6 is 22.7 Å². The van der Waals surface area contributed by atoms with Gasteiger partial charge in [-0.2, -0.15) is 4.98 Å². The van der Waals surface area contributed by atoms with Crippen molar-refractivity contribution in [3.63, 3.8) is 0 Å². The summed E-state index contributed by atoms with van der Waals surface area (Å²) in [6, 6.07) is 4.20. The lowest BCUT2D eigenvalue weighted by molar-refractivity contribution is 1.11. The Morgan fingerprint density at radius 2 is 2.00 bits per heavy atom. The van der Waals surface area contributed by atoms with Crippen molar-refractivity contribution in [1.82, 2.24) is 9.97 Å². The minimum absolute atomic E-state index is 0.653. The van der Waals surface area contributed by atoms with Gasteiger partial charge in [0.25, 0.3) is 0 Å². The number of rotatable bonds is 4. The molecule has 0 atom stereocenters. The van der Waals surface area contributed by atoms with Gasteiger partial charge in [0.2, 0.25) is 5.95 Å². The molecule has 0 bridgehead atoms. The largest absolute Gasteiger partial charge is 0.364 e. The lowest BCUT2D eigenvalue weighted by Gasteiger charge is -2.08. The smallest absolute Gasteiger partial charge is 0.225 e. The van der Waals surface area contributed by atoms with Crippen molar-refractivity contribution in [2.75, 3.05) is 17.7 Å². The first-order chi connectivity index (χ1) is 9.28. The van der Waals surface area contributed by atoms with E-state index in [9.17, 15) is 0 Å². The van der Waals surface area contributed by atoms with Gasteiger partial charge in [-0.1, -0.05) is 0 Å². The number of hydrogen-bond donors (Lipinski definition) is 2. The van der Waals surface area contributed by atoms with Crippen LogP contribution in [0.15, 0.2) is 22.9 Å². The molecule has 0 aromatic carbocycles. The molecule has 2 N–H and O–H groups in total. The van der Waals surface area contributed by atoms with Crippen LogP contribution in [0.25, 0.3) is 10.2 Å².